The number of thiophene rings is 1. The molecule has 4 aliphatic carbocycles. The van der Waals surface area contributed by atoms with E-state index in [0.29, 0.717) is 49.8 Å². The molecular formula is C27H33FO4S. The van der Waals surface area contributed by atoms with Crippen LogP contribution in [0.1, 0.15) is 82.3 Å². The standard InChI is InChI=1S/C27H33FO4S/c1-16-14-21-19-8-10-27(17(2)29,32-23(31)22-6-5-13-33-22)25(19,4)11-12-26(21,28)24(3)9-7-18(30)15-20(16)24/h5-6,13,15-16,19,21H,7-12,14H2,1-4H3/t16-,19?,21?,24?,25?,26+,27-/m0/s1. The van der Waals surface area contributed by atoms with Crippen molar-refractivity contribution < 1.29 is 23.5 Å². The molecule has 3 saturated carbocycles. The second kappa shape index (κ2) is 7.34. The first-order valence-corrected chi connectivity index (χ1v) is 13.1. The zero-order chi connectivity index (χ0) is 23.8. The van der Waals surface area contributed by atoms with E-state index in [1.807, 2.05) is 12.3 Å². The Bertz CT molecular complexity index is 1050. The minimum Gasteiger partial charge on any atom is -0.446 e. The van der Waals surface area contributed by atoms with Crippen molar-refractivity contribution in [3.05, 3.63) is 34.0 Å². The van der Waals surface area contributed by atoms with Crippen molar-refractivity contribution >= 4 is 28.9 Å². The summed E-state index contributed by atoms with van der Waals surface area (Å²) in [5, 5.41) is 1.82. The van der Waals surface area contributed by atoms with Crippen LogP contribution in [0.2, 0.25) is 0 Å². The molecule has 1 aromatic heterocycles. The number of Topliss-reactive ketones (excluding diaryl/α,β-unsaturated/α-hetero) is 1. The normalized spacial score (nSPS) is 44.3. The minimum absolute atomic E-state index is 0.0465. The Labute approximate surface area is 199 Å². The summed E-state index contributed by atoms with van der Waals surface area (Å²) in [4.78, 5) is 38.8. The molecule has 7 atom stereocenters. The first-order valence-electron chi connectivity index (χ1n) is 12.2. The lowest BCUT2D eigenvalue weighted by Crippen LogP contribution is -2.65. The Kier molecular flexibility index (Phi) is 5.10. The fourth-order valence-electron chi connectivity index (χ4n) is 8.26. The van der Waals surface area contributed by atoms with Crippen LogP contribution in [-0.4, -0.2) is 28.8 Å². The maximum absolute atomic E-state index is 17.2. The van der Waals surface area contributed by atoms with Gasteiger partial charge in [0.05, 0.1) is 0 Å². The number of ether oxygens (including phenoxy) is 1. The van der Waals surface area contributed by atoms with Gasteiger partial charge in [0, 0.05) is 17.3 Å². The average Bonchev–Trinajstić information content (AvgIpc) is 3.39. The first-order chi connectivity index (χ1) is 15.5. The molecule has 33 heavy (non-hydrogen) atoms. The van der Waals surface area contributed by atoms with Crippen LogP contribution in [0, 0.1) is 28.6 Å². The molecule has 4 nitrogen and oxygen atoms in total. The summed E-state index contributed by atoms with van der Waals surface area (Å²) in [7, 11) is 0. The Balaban J connectivity index is 1.54. The van der Waals surface area contributed by atoms with Crippen LogP contribution in [0.15, 0.2) is 29.2 Å². The fraction of sp³-hybridized carbons (Fsp3) is 0.667. The van der Waals surface area contributed by atoms with E-state index in [0.717, 1.165) is 5.57 Å². The predicted octanol–water partition coefficient (Wildman–Crippen LogP) is 6.10. The van der Waals surface area contributed by atoms with Crippen molar-refractivity contribution in [3.8, 4) is 0 Å². The third kappa shape index (κ3) is 2.88. The average molecular weight is 473 g/mol. The molecule has 0 amide bonds. The van der Waals surface area contributed by atoms with Crippen LogP contribution in [0.4, 0.5) is 4.39 Å². The number of hydrogen-bond acceptors (Lipinski definition) is 5. The molecule has 3 fully saturated rings. The van der Waals surface area contributed by atoms with Gasteiger partial charge in [0.25, 0.3) is 0 Å². The van der Waals surface area contributed by atoms with Gasteiger partial charge >= 0.3 is 5.97 Å². The highest BCUT2D eigenvalue weighted by Crippen LogP contribution is 2.71. The zero-order valence-corrected chi connectivity index (χ0v) is 20.7. The number of hydrogen-bond donors (Lipinski definition) is 0. The molecule has 0 aliphatic heterocycles. The SMILES string of the molecule is CC(=O)[C@@]1(OC(=O)c2cccs2)CCC2C3C[C@H](C)C4=CC(=O)CCC4(C)[C@@]3(F)CCC21C. The van der Waals surface area contributed by atoms with E-state index >= 15 is 4.39 Å². The summed E-state index contributed by atoms with van der Waals surface area (Å²) in [6.07, 6.45) is 5.25. The van der Waals surface area contributed by atoms with Gasteiger partial charge in [0.15, 0.2) is 17.2 Å². The number of carbonyl (C=O) groups is 3. The summed E-state index contributed by atoms with van der Waals surface area (Å²) in [6, 6.07) is 3.51. The maximum Gasteiger partial charge on any atom is 0.349 e. The number of allylic oxidation sites excluding steroid dienone is 1. The number of halogens is 1. The molecule has 0 N–H and O–H groups in total. The lowest BCUT2D eigenvalue weighted by molar-refractivity contribution is -0.186. The minimum atomic E-state index is -1.42. The van der Waals surface area contributed by atoms with Crippen LogP contribution in [0.3, 0.4) is 0 Å². The van der Waals surface area contributed by atoms with Crippen LogP contribution < -0.4 is 0 Å². The Hall–Kier alpha value is -1.82. The quantitative estimate of drug-likeness (QED) is 0.499. The van der Waals surface area contributed by atoms with Crippen LogP contribution >= 0.6 is 11.3 Å². The predicted molar refractivity (Wildman–Crippen MR) is 125 cm³/mol. The second-order valence-corrected chi connectivity index (χ2v) is 12.3. The summed E-state index contributed by atoms with van der Waals surface area (Å²) in [5.74, 6) is -0.634. The van der Waals surface area contributed by atoms with Crippen molar-refractivity contribution in [1.82, 2.24) is 0 Å². The molecular weight excluding hydrogens is 439 g/mol. The van der Waals surface area contributed by atoms with Crippen molar-refractivity contribution in [1.29, 1.82) is 0 Å². The highest BCUT2D eigenvalue weighted by molar-refractivity contribution is 7.11. The largest absolute Gasteiger partial charge is 0.446 e. The molecule has 0 radical (unpaired) electrons. The van der Waals surface area contributed by atoms with Crippen LogP contribution in [-0.2, 0) is 14.3 Å². The Morgan fingerprint density at radius 1 is 1.15 bits per heavy atom. The van der Waals surface area contributed by atoms with Crippen molar-refractivity contribution in [2.45, 2.75) is 83.9 Å². The first kappa shape index (κ1) is 22.9. The number of alkyl halides is 1. The maximum atomic E-state index is 17.2. The van der Waals surface area contributed by atoms with E-state index in [4.69, 9.17) is 4.74 Å². The number of ketones is 2. The highest BCUT2D eigenvalue weighted by atomic mass is 32.1. The molecule has 0 bridgehead atoms. The lowest BCUT2D eigenvalue weighted by Gasteiger charge is -2.63. The van der Waals surface area contributed by atoms with Gasteiger partial charge in [-0.3, -0.25) is 9.59 Å². The van der Waals surface area contributed by atoms with E-state index in [1.54, 1.807) is 18.2 Å². The number of rotatable bonds is 3. The van der Waals surface area contributed by atoms with Crippen molar-refractivity contribution in [2.24, 2.45) is 28.6 Å². The summed E-state index contributed by atoms with van der Waals surface area (Å²) < 4.78 is 23.3. The van der Waals surface area contributed by atoms with E-state index in [-0.39, 0.29) is 29.3 Å². The molecule has 0 spiro atoms. The molecule has 1 aromatic rings. The zero-order valence-electron chi connectivity index (χ0n) is 19.9. The van der Waals surface area contributed by atoms with Crippen molar-refractivity contribution in [2.75, 3.05) is 0 Å². The van der Waals surface area contributed by atoms with Gasteiger partial charge in [0.1, 0.15) is 10.5 Å². The molecule has 4 unspecified atom stereocenters. The third-order valence-corrected chi connectivity index (χ3v) is 10.9. The summed E-state index contributed by atoms with van der Waals surface area (Å²) in [5.41, 5.74) is -2.92. The van der Waals surface area contributed by atoms with Gasteiger partial charge in [-0.05, 0) is 80.7 Å². The highest BCUT2D eigenvalue weighted by Gasteiger charge is 2.73. The summed E-state index contributed by atoms with van der Waals surface area (Å²) in [6.45, 7) is 7.69. The van der Waals surface area contributed by atoms with E-state index in [9.17, 15) is 14.4 Å². The number of carbonyl (C=O) groups excluding carboxylic acids is 3. The molecule has 1 heterocycles. The molecule has 5 rings (SSSR count). The fourth-order valence-corrected chi connectivity index (χ4v) is 8.86. The van der Waals surface area contributed by atoms with Crippen molar-refractivity contribution in [3.63, 3.8) is 0 Å². The monoisotopic (exact) mass is 472 g/mol. The van der Waals surface area contributed by atoms with E-state index in [2.05, 4.69) is 13.8 Å². The van der Waals surface area contributed by atoms with E-state index in [1.165, 1.54) is 18.3 Å². The van der Waals surface area contributed by atoms with Gasteiger partial charge in [-0.15, -0.1) is 11.3 Å². The summed E-state index contributed by atoms with van der Waals surface area (Å²) >= 11 is 1.30. The molecule has 4 aliphatic rings. The van der Waals surface area contributed by atoms with Gasteiger partial charge in [-0.25, -0.2) is 9.18 Å². The second-order valence-electron chi connectivity index (χ2n) is 11.3. The van der Waals surface area contributed by atoms with Gasteiger partial charge in [-0.2, -0.15) is 0 Å². The van der Waals surface area contributed by atoms with E-state index < -0.39 is 28.1 Å². The number of esters is 1. The third-order valence-electron chi connectivity index (χ3n) is 10.1. The molecule has 0 saturated heterocycles. The van der Waals surface area contributed by atoms with Crippen LogP contribution in [0.5, 0.6) is 0 Å². The van der Waals surface area contributed by atoms with Gasteiger partial charge in [-0.1, -0.05) is 32.4 Å². The van der Waals surface area contributed by atoms with Crippen LogP contribution in [0.25, 0.3) is 0 Å². The topological polar surface area (TPSA) is 60.4 Å². The Morgan fingerprint density at radius 3 is 2.58 bits per heavy atom. The molecule has 0 aromatic carbocycles. The van der Waals surface area contributed by atoms with Gasteiger partial charge < -0.3 is 4.74 Å². The smallest absolute Gasteiger partial charge is 0.349 e. The molecule has 6 heteroatoms. The van der Waals surface area contributed by atoms with Gasteiger partial charge in [0.2, 0.25) is 0 Å². The lowest BCUT2D eigenvalue weighted by atomic mass is 9.43. The number of fused-ring (bicyclic) bond motifs is 5. The molecule has 178 valence electrons. The Morgan fingerprint density at radius 2 is 1.91 bits per heavy atom.